The Bertz CT molecular complexity index is 1280. The molecule has 0 bridgehead atoms. The molecule has 1 heterocycles. The second-order valence-corrected chi connectivity index (χ2v) is 7.07. The normalized spacial score (nSPS) is 20.8. The van der Waals surface area contributed by atoms with Crippen molar-refractivity contribution in [2.24, 2.45) is 5.73 Å². The summed E-state index contributed by atoms with van der Waals surface area (Å²) in [5.41, 5.74) is 0.797. The number of hydrogen-bond acceptors (Lipinski definition) is 8. The molecule has 0 radical (unpaired) electrons. The van der Waals surface area contributed by atoms with Gasteiger partial charge >= 0.3 is 16.1 Å². The molecule has 1 atom stereocenters. The van der Waals surface area contributed by atoms with Gasteiger partial charge in [0.05, 0.1) is 16.8 Å². The largest absolute Gasteiger partial charge is 0.465 e. The molecular formula is C19H15F2NO7S. The molecule has 2 aromatic rings. The molecule has 8 nitrogen and oxygen atoms in total. The fourth-order valence-corrected chi connectivity index (χ4v) is 3.25. The van der Waals surface area contributed by atoms with Gasteiger partial charge in [0.25, 0.3) is 0 Å². The van der Waals surface area contributed by atoms with Gasteiger partial charge in [0.2, 0.25) is 17.4 Å². The van der Waals surface area contributed by atoms with E-state index in [0.717, 1.165) is 43.5 Å². The molecule has 0 unspecified atom stereocenters. The summed E-state index contributed by atoms with van der Waals surface area (Å²) in [5.74, 6) is -6.56. The summed E-state index contributed by atoms with van der Waals surface area (Å²) in [6.07, 6.45) is -2.78. The number of hydrogen-bond donors (Lipinski definition) is 1. The zero-order valence-corrected chi connectivity index (χ0v) is 16.0. The van der Waals surface area contributed by atoms with Gasteiger partial charge in [0.15, 0.2) is 6.08 Å². The van der Waals surface area contributed by atoms with Gasteiger partial charge in [-0.1, -0.05) is 18.2 Å². The van der Waals surface area contributed by atoms with Gasteiger partial charge in [-0.25, -0.2) is 13.6 Å². The van der Waals surface area contributed by atoms with Gasteiger partial charge in [-0.2, -0.15) is 8.42 Å². The second-order valence-electron chi connectivity index (χ2n) is 5.79. The van der Waals surface area contributed by atoms with Crippen LogP contribution in [0.3, 0.4) is 0 Å². The van der Waals surface area contributed by atoms with Crippen molar-refractivity contribution >= 4 is 21.9 Å². The van der Waals surface area contributed by atoms with E-state index >= 15 is 0 Å². The Balaban J connectivity index is 1.93. The van der Waals surface area contributed by atoms with E-state index in [1.54, 1.807) is 0 Å². The van der Waals surface area contributed by atoms with Gasteiger partial charge < -0.3 is 19.4 Å². The Labute approximate surface area is 174 Å². The van der Waals surface area contributed by atoms with Crippen LogP contribution in [-0.4, -0.2) is 27.3 Å². The number of carbonyl (C=O) groups excluding carboxylic acids is 2. The van der Waals surface area contributed by atoms with Crippen molar-refractivity contribution in [2.45, 2.75) is 11.8 Å². The highest BCUT2D eigenvalue weighted by Crippen LogP contribution is 2.33. The molecule has 1 aliphatic heterocycles. The fourth-order valence-electron chi connectivity index (χ4n) is 2.41. The van der Waals surface area contributed by atoms with E-state index in [1.807, 2.05) is 0 Å². The van der Waals surface area contributed by atoms with Crippen molar-refractivity contribution in [1.29, 1.82) is 0 Å². The predicted octanol–water partition coefficient (Wildman–Crippen LogP) is 2.07. The van der Waals surface area contributed by atoms with Gasteiger partial charge in [-0.3, -0.25) is 4.79 Å². The van der Waals surface area contributed by atoms with Crippen LogP contribution in [0.5, 0.6) is 0 Å². The Morgan fingerprint density at radius 1 is 1.27 bits per heavy atom. The first kappa shape index (κ1) is 17.4. The molecule has 0 aromatic heterocycles. The zero-order valence-electron chi connectivity index (χ0n) is 18.1. The Kier molecular flexibility index (Phi) is 4.70. The first-order valence-electron chi connectivity index (χ1n) is 9.56. The number of ether oxygens (including phenoxy) is 2. The van der Waals surface area contributed by atoms with Crippen molar-refractivity contribution in [3.05, 3.63) is 82.4 Å². The topological polar surface area (TPSA) is 122 Å². The lowest BCUT2D eigenvalue weighted by Crippen LogP contribution is -2.16. The van der Waals surface area contributed by atoms with E-state index in [2.05, 4.69) is 8.92 Å². The van der Waals surface area contributed by atoms with Crippen molar-refractivity contribution in [2.75, 3.05) is 7.11 Å². The van der Waals surface area contributed by atoms with Crippen LogP contribution in [0.4, 0.5) is 8.78 Å². The number of methoxy groups -OCH3 is 1. The highest BCUT2D eigenvalue weighted by molar-refractivity contribution is 7.86. The lowest BCUT2D eigenvalue weighted by molar-refractivity contribution is -0.123. The maximum atomic E-state index is 14.3. The summed E-state index contributed by atoms with van der Waals surface area (Å²) < 4.78 is 90.5. The average molecular weight is 442 g/mol. The quantitative estimate of drug-likeness (QED) is 0.533. The number of carbonyl (C=O) groups is 2. The van der Waals surface area contributed by atoms with E-state index in [-0.39, 0.29) is 0 Å². The van der Waals surface area contributed by atoms with Gasteiger partial charge in [-0.05, 0) is 29.8 Å². The molecule has 30 heavy (non-hydrogen) atoms. The molecule has 2 N–H and O–H groups in total. The summed E-state index contributed by atoms with van der Waals surface area (Å²) in [7, 11) is -4.26. The lowest BCUT2D eigenvalue weighted by atomic mass is 10.0. The van der Waals surface area contributed by atoms with E-state index in [0.29, 0.717) is 6.07 Å². The van der Waals surface area contributed by atoms with Crippen molar-refractivity contribution < 1.29 is 44.6 Å². The van der Waals surface area contributed by atoms with E-state index in [9.17, 15) is 26.8 Å². The first-order chi connectivity index (χ1) is 15.2. The molecule has 0 spiro atoms. The molecule has 158 valence electrons. The molecule has 3 rings (SSSR count). The monoisotopic (exact) mass is 442 g/mol. The van der Waals surface area contributed by atoms with Crippen molar-refractivity contribution in [1.82, 2.24) is 0 Å². The van der Waals surface area contributed by atoms with Gasteiger partial charge in [0.1, 0.15) is 17.3 Å². The van der Waals surface area contributed by atoms with Crippen LogP contribution >= 0.6 is 0 Å². The summed E-state index contributed by atoms with van der Waals surface area (Å²) in [5, 5.41) is 0. The van der Waals surface area contributed by atoms with Crippen molar-refractivity contribution in [3.63, 3.8) is 0 Å². The second kappa shape index (κ2) is 8.11. The molecule has 0 saturated heterocycles. The molecule has 0 amide bonds. The van der Waals surface area contributed by atoms with Crippen LogP contribution in [0, 0.1) is 11.6 Å². The highest BCUT2D eigenvalue weighted by atomic mass is 32.2. The fraction of sp³-hybridized carbons (Fsp3) is 0.158. The lowest BCUT2D eigenvalue weighted by Gasteiger charge is -2.11. The van der Waals surface area contributed by atoms with E-state index in [1.165, 1.54) is 0 Å². The van der Waals surface area contributed by atoms with Gasteiger partial charge in [-0.15, -0.1) is 0 Å². The minimum Gasteiger partial charge on any atom is -0.465 e. The molecule has 0 fully saturated rings. The number of nitrogens with two attached hydrogens (primary N) is 1. The van der Waals surface area contributed by atoms with Crippen LogP contribution in [0.25, 0.3) is 0 Å². The molecule has 0 aliphatic carbocycles. The Morgan fingerprint density at radius 2 is 1.93 bits per heavy atom. The third-order valence-electron chi connectivity index (χ3n) is 3.76. The SMILES string of the molecule is [2H]C([2H])(c1ccc(F)cc1)S(=O)(=O)OC1=C(N)O[C@]([2H])(c2ccc(C(=O)OC)c(F)c2)C1=O. The zero-order chi connectivity index (χ0) is 24.8. The van der Waals surface area contributed by atoms with Crippen LogP contribution in [0.15, 0.2) is 54.1 Å². The standard InChI is InChI=1S/C19H15F2NO7S/c1-27-19(24)13-7-4-11(8-14(13)21)16-15(23)17(18(22)28-16)29-30(25,26)9-10-2-5-12(20)6-3-10/h2-8,16H,9,22H2,1H3/t16-/m1/s1/i9D2,16D. The number of halogens is 2. The number of Topliss-reactive ketones (excluding diaryl/α,β-unsaturated/α-hetero) is 1. The maximum absolute atomic E-state index is 14.3. The minimum atomic E-state index is -5.28. The first-order valence-corrected chi connectivity index (χ1v) is 9.47. The Morgan fingerprint density at radius 3 is 2.53 bits per heavy atom. The molecule has 1 aliphatic rings. The number of esters is 1. The van der Waals surface area contributed by atoms with E-state index in [4.69, 9.17) is 14.6 Å². The smallest absolute Gasteiger partial charge is 0.340 e. The number of ketones is 1. The third kappa shape index (κ3) is 4.40. The number of benzene rings is 2. The van der Waals surface area contributed by atoms with Crippen molar-refractivity contribution in [3.8, 4) is 0 Å². The average Bonchev–Trinajstić information content (AvgIpc) is 2.97. The third-order valence-corrected chi connectivity index (χ3v) is 4.64. The summed E-state index contributed by atoms with van der Waals surface area (Å²) in [4.78, 5) is 24.3. The number of rotatable bonds is 6. The minimum absolute atomic E-state index is 0.460. The van der Waals surface area contributed by atoms with Crippen LogP contribution in [-0.2, 0) is 34.3 Å². The predicted molar refractivity (Wildman–Crippen MR) is 97.9 cm³/mol. The maximum Gasteiger partial charge on any atom is 0.340 e. The van der Waals surface area contributed by atoms with Crippen LogP contribution in [0.1, 0.15) is 31.7 Å². The highest BCUT2D eigenvalue weighted by Gasteiger charge is 2.40. The molecular weight excluding hydrogens is 424 g/mol. The summed E-state index contributed by atoms with van der Waals surface area (Å²) >= 11 is 0. The van der Waals surface area contributed by atoms with E-state index < -0.39 is 73.6 Å². The molecule has 11 heteroatoms. The van der Waals surface area contributed by atoms with Crippen LogP contribution in [0.2, 0.25) is 0 Å². The Hall–Kier alpha value is -3.47. The molecule has 0 saturated carbocycles. The summed E-state index contributed by atoms with van der Waals surface area (Å²) in [6, 6.07) is 5.90. The van der Waals surface area contributed by atoms with Crippen LogP contribution < -0.4 is 5.73 Å². The summed E-state index contributed by atoms with van der Waals surface area (Å²) in [6.45, 7) is 0. The molecule has 2 aromatic carbocycles. The van der Waals surface area contributed by atoms with Gasteiger partial charge in [0, 0.05) is 5.56 Å².